The van der Waals surface area contributed by atoms with E-state index in [1.54, 1.807) is 48.5 Å². The number of halogens is 1. The highest BCUT2D eigenvalue weighted by Crippen LogP contribution is 2.65. The molecular weight excluding hydrogens is 742 g/mol. The largest absolute Gasteiger partial charge is 0.504 e. The van der Waals surface area contributed by atoms with E-state index in [2.05, 4.69) is 21.4 Å². The molecule has 2 aliphatic carbocycles. The second-order valence-corrected chi connectivity index (χ2v) is 14.9. The third-order valence-corrected chi connectivity index (χ3v) is 11.8. The van der Waals surface area contributed by atoms with Gasteiger partial charge in [0.25, 0.3) is 11.8 Å². The number of allylic oxidation sites excluding steroid dienone is 2. The lowest BCUT2D eigenvalue weighted by atomic mass is 9.49. The molecule has 4 aromatic rings. The number of carbonyl (C=O) groups excluding carboxylic acids is 4. The zero-order valence-corrected chi connectivity index (χ0v) is 30.2. The van der Waals surface area contributed by atoms with Crippen LogP contribution in [0, 0.1) is 30.6 Å². The maximum absolute atomic E-state index is 15.3. The van der Waals surface area contributed by atoms with E-state index in [1.807, 2.05) is 31.2 Å². The SMILES string of the molecule is COc1cc(Br)cc([C@H]2C3=CC[C@@H]4C(=O)N(c5cccc(C(=O)O)c5)C(=O)[C@@H]4[C@@H]3C[C@H]3C(=O)N(Nc4ccc(C)cc4)C(=O)[C@@]23c2ccccc2)c1O. The third-order valence-electron chi connectivity index (χ3n) is 11.3. The smallest absolute Gasteiger partial charge is 0.335 e. The number of carboxylic acids is 1. The number of aromatic hydroxyl groups is 1. The number of ether oxygens (including phenoxy) is 1. The van der Waals surface area contributed by atoms with Crippen LogP contribution < -0.4 is 15.1 Å². The predicted molar refractivity (Wildman–Crippen MR) is 197 cm³/mol. The van der Waals surface area contributed by atoms with Crippen molar-refractivity contribution in [3.63, 3.8) is 0 Å². The van der Waals surface area contributed by atoms with Gasteiger partial charge in [-0.05, 0) is 73.7 Å². The number of hydrogen-bond acceptors (Lipinski definition) is 8. The number of phenolic OH excluding ortho intramolecular Hbond substituents is 1. The molecule has 6 atom stereocenters. The molecule has 2 heterocycles. The van der Waals surface area contributed by atoms with Crippen molar-refractivity contribution in [1.29, 1.82) is 0 Å². The fourth-order valence-corrected chi connectivity index (χ4v) is 9.55. The molecule has 3 N–H and O–H groups in total. The summed E-state index contributed by atoms with van der Waals surface area (Å²) >= 11 is 3.56. The second kappa shape index (κ2) is 12.7. The number of phenols is 1. The Morgan fingerprint density at radius 2 is 1.64 bits per heavy atom. The Morgan fingerprint density at radius 1 is 0.906 bits per heavy atom. The van der Waals surface area contributed by atoms with Gasteiger partial charge in [-0.2, -0.15) is 5.01 Å². The monoisotopic (exact) mass is 775 g/mol. The summed E-state index contributed by atoms with van der Waals surface area (Å²) in [7, 11) is 1.42. The molecule has 4 aromatic carbocycles. The number of benzene rings is 4. The first-order valence-electron chi connectivity index (χ1n) is 17.2. The lowest BCUT2D eigenvalue weighted by Crippen LogP contribution is -2.53. The first-order valence-corrected chi connectivity index (χ1v) is 18.0. The van der Waals surface area contributed by atoms with Crippen LogP contribution in [0.2, 0.25) is 0 Å². The van der Waals surface area contributed by atoms with Crippen molar-refractivity contribution in [2.45, 2.75) is 31.1 Å². The summed E-state index contributed by atoms with van der Waals surface area (Å²) in [5.74, 6) is -7.66. The normalized spacial score (nSPS) is 26.2. The number of hydrogen-bond donors (Lipinski definition) is 3. The van der Waals surface area contributed by atoms with E-state index < -0.39 is 64.6 Å². The summed E-state index contributed by atoms with van der Waals surface area (Å²) in [5, 5.41) is 22.6. The predicted octanol–water partition coefficient (Wildman–Crippen LogP) is 6.36. The van der Waals surface area contributed by atoms with Gasteiger partial charge in [0.05, 0.1) is 47.2 Å². The van der Waals surface area contributed by atoms with Gasteiger partial charge in [-0.25, -0.2) is 4.79 Å². The highest BCUT2D eigenvalue weighted by Gasteiger charge is 2.70. The number of nitrogens with zero attached hydrogens (tertiary/aromatic N) is 2. The molecule has 4 amide bonds. The molecule has 0 unspecified atom stereocenters. The number of nitrogens with one attached hydrogen (secondary N) is 1. The van der Waals surface area contributed by atoms with Crippen LogP contribution in [0.5, 0.6) is 11.5 Å². The lowest BCUT2D eigenvalue weighted by Gasteiger charge is -2.50. The van der Waals surface area contributed by atoms with Gasteiger partial charge in [0.2, 0.25) is 11.8 Å². The molecule has 0 bridgehead atoms. The van der Waals surface area contributed by atoms with E-state index in [4.69, 9.17) is 4.74 Å². The average Bonchev–Trinajstić information content (AvgIpc) is 3.54. The van der Waals surface area contributed by atoms with E-state index in [-0.39, 0.29) is 35.6 Å². The fourth-order valence-electron chi connectivity index (χ4n) is 9.09. The van der Waals surface area contributed by atoms with Gasteiger partial charge < -0.3 is 14.9 Å². The van der Waals surface area contributed by atoms with Gasteiger partial charge in [0, 0.05) is 16.0 Å². The number of anilines is 2. The maximum Gasteiger partial charge on any atom is 0.335 e. The molecule has 8 rings (SSSR count). The number of rotatable bonds is 7. The Balaban J connectivity index is 1.34. The van der Waals surface area contributed by atoms with Crippen molar-refractivity contribution < 1.29 is 38.9 Å². The number of imide groups is 2. The van der Waals surface area contributed by atoms with E-state index in [1.165, 1.54) is 31.4 Å². The topological polar surface area (TPSA) is 154 Å². The highest BCUT2D eigenvalue weighted by atomic mass is 79.9. The molecule has 1 saturated carbocycles. The van der Waals surface area contributed by atoms with E-state index in [0.29, 0.717) is 26.9 Å². The molecule has 2 aliphatic heterocycles. The minimum Gasteiger partial charge on any atom is -0.504 e. The molecule has 12 heteroatoms. The Bertz CT molecular complexity index is 2260. The van der Waals surface area contributed by atoms with Crippen molar-refractivity contribution >= 4 is 56.9 Å². The standard InChI is InChI=1S/C41H34BrN3O8/c1-21-11-13-25(14-12-21)43-45-37(48)31-20-29-27(15-16-28-33(29)38(49)44(36(28)47)26-10-6-7-22(17-26)39(50)51)34(30-18-24(42)19-32(53-2)35(30)46)41(31,40(45)52)23-8-4-3-5-9-23/h3-15,17-19,28-29,31,33-34,43,46H,16,20H2,1-2H3,(H,50,51)/t28-,29+,31-,33-,34+,41+/m0/s1. The minimum absolute atomic E-state index is 0.0585. The molecular formula is C41H34BrN3O8. The average molecular weight is 777 g/mol. The van der Waals surface area contributed by atoms with Crippen LogP contribution in [-0.2, 0) is 24.6 Å². The molecule has 3 fully saturated rings. The van der Waals surface area contributed by atoms with Gasteiger partial charge in [0.15, 0.2) is 11.5 Å². The van der Waals surface area contributed by atoms with Gasteiger partial charge in [-0.15, -0.1) is 0 Å². The molecule has 53 heavy (non-hydrogen) atoms. The number of methoxy groups -OCH3 is 1. The maximum atomic E-state index is 15.3. The van der Waals surface area contributed by atoms with Crippen molar-refractivity contribution in [2.24, 2.45) is 23.7 Å². The van der Waals surface area contributed by atoms with Crippen LogP contribution in [0.1, 0.15) is 45.8 Å². The number of aromatic carboxylic acids is 1. The first kappa shape index (κ1) is 34.3. The Hall–Kier alpha value is -5.75. The van der Waals surface area contributed by atoms with Crippen molar-refractivity contribution in [2.75, 3.05) is 17.4 Å². The quantitative estimate of drug-likeness (QED) is 0.144. The zero-order valence-electron chi connectivity index (χ0n) is 28.7. The van der Waals surface area contributed by atoms with Crippen LogP contribution >= 0.6 is 15.9 Å². The van der Waals surface area contributed by atoms with Gasteiger partial charge >= 0.3 is 5.97 Å². The molecule has 11 nitrogen and oxygen atoms in total. The summed E-state index contributed by atoms with van der Waals surface area (Å²) < 4.78 is 6.13. The van der Waals surface area contributed by atoms with E-state index in [0.717, 1.165) is 15.5 Å². The minimum atomic E-state index is -1.59. The molecule has 0 radical (unpaired) electrons. The number of hydrazine groups is 1. The van der Waals surface area contributed by atoms with Crippen LogP contribution in [0.3, 0.4) is 0 Å². The lowest BCUT2D eigenvalue weighted by molar-refractivity contribution is -0.138. The zero-order chi connectivity index (χ0) is 37.3. The van der Waals surface area contributed by atoms with Crippen LogP contribution in [-0.4, -0.2) is 51.9 Å². The van der Waals surface area contributed by atoms with Crippen LogP contribution in [0.25, 0.3) is 0 Å². The number of aryl methyl sites for hydroxylation is 1. The first-order chi connectivity index (χ1) is 25.5. The summed E-state index contributed by atoms with van der Waals surface area (Å²) in [5.41, 5.74) is 4.61. The van der Waals surface area contributed by atoms with Crippen LogP contribution in [0.4, 0.5) is 11.4 Å². The summed E-state index contributed by atoms with van der Waals surface area (Å²) in [6.07, 6.45) is 2.10. The Morgan fingerprint density at radius 3 is 2.34 bits per heavy atom. The fraction of sp³-hybridized carbons (Fsp3) is 0.244. The van der Waals surface area contributed by atoms with Crippen LogP contribution in [0.15, 0.2) is 107 Å². The van der Waals surface area contributed by atoms with E-state index >= 15 is 4.79 Å². The second-order valence-electron chi connectivity index (χ2n) is 14.0. The third kappa shape index (κ3) is 5.10. The Labute approximate surface area is 313 Å². The molecule has 0 aromatic heterocycles. The number of carboxylic acid groups (broad SMARTS) is 1. The molecule has 4 aliphatic rings. The molecule has 2 saturated heterocycles. The number of fused-ring (bicyclic) bond motifs is 4. The molecule has 268 valence electrons. The summed E-state index contributed by atoms with van der Waals surface area (Å²) in [4.78, 5) is 71.7. The number of amides is 4. The molecule has 0 spiro atoms. The van der Waals surface area contributed by atoms with Gasteiger partial charge in [0.1, 0.15) is 0 Å². The summed E-state index contributed by atoms with van der Waals surface area (Å²) in [6, 6.07) is 25.3. The Kier molecular flexibility index (Phi) is 8.25. The van der Waals surface area contributed by atoms with Gasteiger partial charge in [-0.3, -0.25) is 29.5 Å². The van der Waals surface area contributed by atoms with Gasteiger partial charge in [-0.1, -0.05) is 81.7 Å². The summed E-state index contributed by atoms with van der Waals surface area (Å²) in [6.45, 7) is 1.93. The number of carbonyl (C=O) groups is 5. The van der Waals surface area contributed by atoms with Crippen molar-refractivity contribution in [1.82, 2.24) is 5.01 Å². The highest BCUT2D eigenvalue weighted by molar-refractivity contribution is 9.10. The van der Waals surface area contributed by atoms with Crippen molar-refractivity contribution in [3.8, 4) is 11.5 Å². The van der Waals surface area contributed by atoms with Crippen molar-refractivity contribution in [3.05, 3.63) is 129 Å². The van der Waals surface area contributed by atoms with E-state index in [9.17, 15) is 29.4 Å².